The summed E-state index contributed by atoms with van der Waals surface area (Å²) < 4.78 is 5.57. The van der Waals surface area contributed by atoms with E-state index < -0.39 is 17.1 Å². The largest absolute Gasteiger partial charge is 0.444 e. The number of aliphatic hydroxyl groups excluding tert-OH is 1. The number of nitriles is 1. The fourth-order valence-electron chi connectivity index (χ4n) is 6.73. The molecule has 8 heteroatoms. The molecule has 1 N–H and O–H groups in total. The summed E-state index contributed by atoms with van der Waals surface area (Å²) in [6.45, 7) is 8.93. The smallest absolute Gasteiger partial charge is 0.410 e. The van der Waals surface area contributed by atoms with E-state index in [1.165, 1.54) is 0 Å². The van der Waals surface area contributed by atoms with Crippen molar-refractivity contribution in [2.45, 2.75) is 102 Å². The van der Waals surface area contributed by atoms with Gasteiger partial charge in [0.1, 0.15) is 11.7 Å². The van der Waals surface area contributed by atoms with Crippen molar-refractivity contribution in [2.75, 3.05) is 18.0 Å². The minimum atomic E-state index is -0.747. The number of rotatable bonds is 4. The van der Waals surface area contributed by atoms with E-state index in [2.05, 4.69) is 25.1 Å². The fourth-order valence-corrected chi connectivity index (χ4v) is 7.02. The van der Waals surface area contributed by atoms with Crippen LogP contribution < -0.4 is 4.90 Å². The van der Waals surface area contributed by atoms with Gasteiger partial charge in [-0.25, -0.2) is 4.79 Å². The Morgan fingerprint density at radius 2 is 1.78 bits per heavy atom. The summed E-state index contributed by atoms with van der Waals surface area (Å²) in [5.41, 5.74) is 3.39. The lowest BCUT2D eigenvalue weighted by molar-refractivity contribution is -0.124. The van der Waals surface area contributed by atoms with Gasteiger partial charge in [0.05, 0.1) is 33.5 Å². The molecule has 2 heterocycles. The number of nitrogens with zero attached hydrogens (tertiary/aromatic N) is 3. The summed E-state index contributed by atoms with van der Waals surface area (Å²) in [5, 5.41) is 20.9. The van der Waals surface area contributed by atoms with Crippen molar-refractivity contribution < 1.29 is 19.4 Å². The second-order valence-corrected chi connectivity index (χ2v) is 13.1. The van der Waals surface area contributed by atoms with E-state index in [0.717, 1.165) is 48.1 Å². The van der Waals surface area contributed by atoms with Crippen molar-refractivity contribution in [2.24, 2.45) is 0 Å². The molecule has 0 radical (unpaired) electrons. The molecule has 1 spiro atoms. The van der Waals surface area contributed by atoms with Gasteiger partial charge in [-0.1, -0.05) is 43.1 Å². The average Bonchev–Trinajstić information content (AvgIpc) is 3.17. The zero-order valence-corrected chi connectivity index (χ0v) is 25.3. The predicted octanol–water partition coefficient (Wildman–Crippen LogP) is 7.13. The van der Waals surface area contributed by atoms with Gasteiger partial charge in [0, 0.05) is 13.1 Å². The van der Waals surface area contributed by atoms with Crippen molar-refractivity contribution in [3.63, 3.8) is 0 Å². The number of hydrogen-bond acceptors (Lipinski definition) is 5. The zero-order valence-electron chi connectivity index (χ0n) is 24.5. The van der Waals surface area contributed by atoms with E-state index in [9.17, 15) is 20.0 Å². The normalized spacial score (nSPS) is 23.0. The highest BCUT2D eigenvalue weighted by Gasteiger charge is 2.53. The summed E-state index contributed by atoms with van der Waals surface area (Å²) in [6.07, 6.45) is 4.82. The number of ether oxygens (including phenoxy) is 1. The number of carbonyl (C=O) groups excluding carboxylic acids is 2. The molecule has 2 amide bonds. The quantitative estimate of drug-likeness (QED) is 0.417. The van der Waals surface area contributed by atoms with Crippen LogP contribution in [0.5, 0.6) is 0 Å². The summed E-state index contributed by atoms with van der Waals surface area (Å²) in [4.78, 5) is 30.5. The first-order chi connectivity index (χ1) is 19.5. The van der Waals surface area contributed by atoms with Gasteiger partial charge in [0.25, 0.3) is 0 Å². The molecular formula is C33H40ClN3O4. The molecule has 41 heavy (non-hydrogen) atoms. The van der Waals surface area contributed by atoms with E-state index in [-0.39, 0.29) is 17.9 Å². The number of amides is 2. The van der Waals surface area contributed by atoms with Gasteiger partial charge in [0.2, 0.25) is 5.91 Å². The minimum Gasteiger partial charge on any atom is -0.444 e. The number of likely N-dealkylation sites (tertiary alicyclic amines) is 1. The van der Waals surface area contributed by atoms with Crippen LogP contribution in [-0.4, -0.2) is 46.8 Å². The van der Waals surface area contributed by atoms with Crippen LogP contribution >= 0.6 is 11.6 Å². The zero-order chi connectivity index (χ0) is 29.5. The average molecular weight is 578 g/mol. The van der Waals surface area contributed by atoms with E-state index >= 15 is 0 Å². The van der Waals surface area contributed by atoms with Gasteiger partial charge >= 0.3 is 6.09 Å². The Balaban J connectivity index is 1.49. The Morgan fingerprint density at radius 3 is 2.39 bits per heavy atom. The van der Waals surface area contributed by atoms with Crippen LogP contribution in [0.2, 0.25) is 5.02 Å². The Bertz CT molecular complexity index is 1380. The molecule has 1 saturated carbocycles. The lowest BCUT2D eigenvalue weighted by Crippen LogP contribution is -2.42. The van der Waals surface area contributed by atoms with E-state index in [0.29, 0.717) is 55.0 Å². The first-order valence-electron chi connectivity index (χ1n) is 14.9. The maximum atomic E-state index is 14.4. The fraction of sp³-hybridized carbons (Fsp3) is 0.545. The highest BCUT2D eigenvalue weighted by molar-refractivity contribution is 6.33. The third-order valence-electron chi connectivity index (χ3n) is 8.89. The number of carbonyl (C=O) groups is 2. The number of hydrogen-bond donors (Lipinski definition) is 1. The number of fused-ring (bicyclic) bond motifs is 2. The SMILES string of the molecule is CCCc1ccc(N2C(=O)C3(CCC(O)CC3)c3cc(C4CCN(C(=O)OC(C)(C)C)CC4)ccc32)c(C#N)c1Cl. The lowest BCUT2D eigenvalue weighted by Gasteiger charge is -2.36. The van der Waals surface area contributed by atoms with Crippen LogP contribution in [0.25, 0.3) is 0 Å². The predicted molar refractivity (Wildman–Crippen MR) is 160 cm³/mol. The van der Waals surface area contributed by atoms with Gasteiger partial charge < -0.3 is 14.7 Å². The van der Waals surface area contributed by atoms with Gasteiger partial charge in [-0.2, -0.15) is 5.26 Å². The van der Waals surface area contributed by atoms with Crippen LogP contribution in [0.4, 0.5) is 16.2 Å². The number of benzene rings is 2. The van der Waals surface area contributed by atoms with Crippen molar-refractivity contribution in [3.8, 4) is 6.07 Å². The minimum absolute atomic E-state index is 0.0490. The third-order valence-corrected chi connectivity index (χ3v) is 9.32. The highest BCUT2D eigenvalue weighted by Crippen LogP contribution is 2.54. The summed E-state index contributed by atoms with van der Waals surface area (Å²) in [6, 6.07) is 12.3. The Morgan fingerprint density at radius 1 is 1.12 bits per heavy atom. The number of anilines is 2. The highest BCUT2D eigenvalue weighted by atomic mass is 35.5. The molecular weight excluding hydrogens is 538 g/mol. The van der Waals surface area contributed by atoms with Crippen molar-refractivity contribution >= 4 is 35.0 Å². The van der Waals surface area contributed by atoms with Crippen molar-refractivity contribution in [1.29, 1.82) is 5.26 Å². The van der Waals surface area contributed by atoms with Crippen LogP contribution in [0.1, 0.15) is 101 Å². The molecule has 1 aliphatic carbocycles. The standard InChI is InChI=1S/C33H40ClN3O4/c1-5-6-22-7-9-27(25(20-35)29(22)34)37-28-10-8-23(19-26(28)33(30(37)39)15-11-24(38)12-16-33)21-13-17-36(18-14-21)31(40)41-32(2,3)4/h7-10,19,21,24,38H,5-6,11-18H2,1-4H3. The van der Waals surface area contributed by atoms with Gasteiger partial charge in [-0.3, -0.25) is 9.69 Å². The maximum Gasteiger partial charge on any atom is 0.410 e. The summed E-state index contributed by atoms with van der Waals surface area (Å²) in [7, 11) is 0. The topological polar surface area (TPSA) is 93.9 Å². The monoisotopic (exact) mass is 577 g/mol. The molecule has 218 valence electrons. The number of halogens is 1. The molecule has 5 rings (SSSR count). The van der Waals surface area contributed by atoms with Crippen molar-refractivity contribution in [1.82, 2.24) is 4.90 Å². The van der Waals surface area contributed by atoms with Crippen LogP contribution in [0.15, 0.2) is 30.3 Å². The molecule has 0 bridgehead atoms. The molecule has 7 nitrogen and oxygen atoms in total. The number of aliphatic hydroxyl groups is 1. The summed E-state index contributed by atoms with van der Waals surface area (Å²) >= 11 is 6.71. The summed E-state index contributed by atoms with van der Waals surface area (Å²) in [5.74, 6) is 0.207. The molecule has 2 fully saturated rings. The number of aryl methyl sites for hydroxylation is 1. The van der Waals surface area contributed by atoms with E-state index in [1.807, 2.05) is 39.0 Å². The second-order valence-electron chi connectivity index (χ2n) is 12.8. The first-order valence-corrected chi connectivity index (χ1v) is 15.2. The van der Waals surface area contributed by atoms with Crippen LogP contribution in [0, 0.1) is 11.3 Å². The molecule has 0 unspecified atom stereocenters. The molecule has 3 aliphatic rings. The van der Waals surface area contributed by atoms with E-state index in [4.69, 9.17) is 16.3 Å². The maximum absolute atomic E-state index is 14.4. The lowest BCUT2D eigenvalue weighted by atomic mass is 9.69. The molecule has 1 saturated heterocycles. The molecule has 0 aromatic heterocycles. The first kappa shape index (κ1) is 29.4. The number of piperidine rings is 1. The molecule has 2 aromatic rings. The Labute approximate surface area is 248 Å². The van der Waals surface area contributed by atoms with Gasteiger partial charge in [-0.05, 0) is 100 Å². The molecule has 2 aromatic carbocycles. The van der Waals surface area contributed by atoms with Gasteiger partial charge in [-0.15, -0.1) is 0 Å². The third kappa shape index (κ3) is 5.45. The Kier molecular flexibility index (Phi) is 8.11. The van der Waals surface area contributed by atoms with E-state index in [1.54, 1.807) is 9.80 Å². The Hall–Kier alpha value is -3.08. The second kappa shape index (κ2) is 11.3. The molecule has 0 atom stereocenters. The van der Waals surface area contributed by atoms with Gasteiger partial charge in [0.15, 0.2) is 0 Å². The van der Waals surface area contributed by atoms with Crippen molar-refractivity contribution in [3.05, 3.63) is 57.6 Å². The molecule has 2 aliphatic heterocycles. The van der Waals surface area contributed by atoms with Crippen LogP contribution in [0.3, 0.4) is 0 Å². The van der Waals surface area contributed by atoms with Crippen LogP contribution in [-0.2, 0) is 21.4 Å².